The lowest BCUT2D eigenvalue weighted by Gasteiger charge is -2.41. The van der Waals surface area contributed by atoms with Gasteiger partial charge >= 0.3 is 5.97 Å². The first-order valence-electron chi connectivity index (χ1n) is 36.1. The van der Waals surface area contributed by atoms with E-state index in [0.717, 1.165) is 36.0 Å². The summed E-state index contributed by atoms with van der Waals surface area (Å²) < 4.78 is 29.0. The average molecular weight is 1560 g/mol. The van der Waals surface area contributed by atoms with Crippen LogP contribution in [0.2, 0.25) is 0 Å². The number of rotatable bonds is 28. The number of allylic oxidation sites excluding steroid dienone is 4. The number of carbonyl (C=O) groups is 13. The Bertz CT molecular complexity index is 3450. The highest BCUT2D eigenvalue weighted by molar-refractivity contribution is 6.21. The topological polar surface area (TPSA) is 536 Å². The van der Waals surface area contributed by atoms with Crippen molar-refractivity contribution in [2.24, 2.45) is 41.1 Å². The van der Waals surface area contributed by atoms with E-state index < -0.39 is 241 Å². The number of alkyl halides is 1. The zero-order chi connectivity index (χ0) is 82.3. The van der Waals surface area contributed by atoms with E-state index in [9.17, 15) is 68.7 Å². The van der Waals surface area contributed by atoms with E-state index in [2.05, 4.69) is 47.9 Å². The second-order valence-electron chi connectivity index (χ2n) is 28.2. The van der Waals surface area contributed by atoms with Crippen molar-refractivity contribution in [2.45, 2.75) is 224 Å². The highest BCUT2D eigenvalue weighted by Gasteiger charge is 2.49. The number of amides is 12. The predicted octanol–water partition coefficient (Wildman–Crippen LogP) is -3.55. The minimum Gasteiger partial charge on any atom is -0.462 e. The lowest BCUT2D eigenvalue weighted by Crippen LogP contribution is -2.66. The molecule has 37 heteroatoms. The maximum Gasteiger partial charge on any atom is 0.329 e. The number of methoxy groups -OCH3 is 2. The number of cyclic esters (lactones) is 1. The number of nitrogens with one attached hydrogen (secondary N) is 9. The van der Waals surface area contributed by atoms with Gasteiger partial charge in [-0.2, -0.15) is 0 Å². The van der Waals surface area contributed by atoms with Gasteiger partial charge in [0.2, 0.25) is 71.3 Å². The maximum atomic E-state index is 15.7. The number of benzene rings is 1. The number of aliphatic hydroxyl groups excluding tert-OH is 5. The molecule has 23 atom stereocenters. The largest absolute Gasteiger partial charge is 0.462 e. The Morgan fingerprint density at radius 2 is 1.46 bits per heavy atom. The normalized spacial score (nSPS) is 27.6. The van der Waals surface area contributed by atoms with Gasteiger partial charge in [-0.15, -0.1) is 11.6 Å². The summed E-state index contributed by atoms with van der Waals surface area (Å²) in [4.78, 5) is 188. The zero-order valence-corrected chi connectivity index (χ0v) is 65.2. The third kappa shape index (κ3) is 25.9. The molecular formula is C72H112ClN13O23. The monoisotopic (exact) mass is 1560 g/mol. The van der Waals surface area contributed by atoms with Crippen LogP contribution in [-0.2, 0) is 81.3 Å². The van der Waals surface area contributed by atoms with Crippen LogP contribution >= 0.6 is 11.6 Å². The molecule has 3 fully saturated rings. The van der Waals surface area contributed by atoms with E-state index in [-0.39, 0.29) is 36.6 Å². The summed E-state index contributed by atoms with van der Waals surface area (Å²) in [5.41, 5.74) is 12.7. The lowest BCUT2D eigenvalue weighted by atomic mass is 9.87. The minimum atomic E-state index is -2.16. The molecule has 0 aromatic heterocycles. The molecule has 12 amide bonds. The van der Waals surface area contributed by atoms with Gasteiger partial charge in [0, 0.05) is 45.1 Å². The molecule has 1 aromatic carbocycles. The molecule has 0 bridgehead atoms. The van der Waals surface area contributed by atoms with Crippen LogP contribution in [0, 0.1) is 29.6 Å². The molecular weight excluding hydrogens is 1450 g/mol. The van der Waals surface area contributed by atoms with E-state index in [1.807, 2.05) is 26.8 Å². The fourth-order valence-electron chi connectivity index (χ4n) is 12.2. The predicted molar refractivity (Wildman–Crippen MR) is 392 cm³/mol. The second-order valence-corrected chi connectivity index (χ2v) is 28.8. The van der Waals surface area contributed by atoms with Crippen LogP contribution in [-0.4, -0.2) is 268 Å². The number of fused-ring (bicyclic) bond motifs is 1. The lowest BCUT2D eigenvalue weighted by molar-refractivity contribution is -0.268. The Morgan fingerprint density at radius 3 is 2.03 bits per heavy atom. The number of nitrogens with two attached hydrogens (primary N) is 2. The minimum absolute atomic E-state index is 0.00852. The molecule has 4 rings (SSSR count). The first kappa shape index (κ1) is 92.7. The van der Waals surface area contributed by atoms with Gasteiger partial charge in [0.15, 0.2) is 0 Å². The number of hydrogen-bond donors (Lipinski definition) is 16. The number of primary amides is 1. The third-order valence-electron chi connectivity index (χ3n) is 19.3. The van der Waals surface area contributed by atoms with E-state index in [1.165, 1.54) is 113 Å². The van der Waals surface area contributed by atoms with Crippen molar-refractivity contribution in [3.05, 3.63) is 65.4 Å². The Labute approximate surface area is 639 Å². The second kappa shape index (κ2) is 43.0. The van der Waals surface area contributed by atoms with Crippen LogP contribution in [0.1, 0.15) is 121 Å². The van der Waals surface area contributed by atoms with Gasteiger partial charge in [-0.25, -0.2) is 4.79 Å². The highest BCUT2D eigenvalue weighted by Crippen LogP contribution is 2.32. The quantitative estimate of drug-likeness (QED) is 0.0167. The van der Waals surface area contributed by atoms with Gasteiger partial charge in [0.1, 0.15) is 90.3 Å². The number of esters is 1. The molecule has 0 saturated carbocycles. The van der Waals surface area contributed by atoms with Crippen molar-refractivity contribution in [2.75, 3.05) is 47.5 Å². The number of ether oxygens (including phenoxy) is 5. The van der Waals surface area contributed by atoms with Crippen molar-refractivity contribution in [1.82, 2.24) is 57.7 Å². The molecule has 3 aliphatic heterocycles. The molecule has 0 aliphatic carbocycles. The van der Waals surface area contributed by atoms with E-state index in [0.29, 0.717) is 0 Å². The number of halogens is 1. The van der Waals surface area contributed by atoms with Gasteiger partial charge < -0.3 is 118 Å². The van der Waals surface area contributed by atoms with Crippen LogP contribution in [0.15, 0.2) is 59.8 Å². The molecule has 0 spiro atoms. The van der Waals surface area contributed by atoms with Crippen molar-refractivity contribution in [1.29, 1.82) is 0 Å². The smallest absolute Gasteiger partial charge is 0.329 e. The molecule has 3 saturated heterocycles. The molecule has 3 heterocycles. The Hall–Kier alpha value is -8.72. The standard InChI is InChI=1S/C72H112ClN13O23/c1-17-33(5)27-34(6)19-24-48(88)37(9)62(95)76-30-50(90)79-45(18-2)64(97)82-52(38(10)74)66(99)81-51(35(7)36(8)61(75)94)65(98)83-53-59(32(3)4)109-71(104)47-28-43(73)25-26-86(47)70(103)54(60(106-16)42-20-22-44(23-21-42)108-72-58(93)57(92)56(91)41(13)107-72)84-68(101)55(40(12)87)85(14)69(102)39(11)78-49(89)29-77-63(96)46(31-105-15)80-67(53)100/h18-24,27,32-33,35-41,43,46-48,51-60,72,87-88,91-93H,17,25-26,28-31,74H2,1-16H3,(H2,75,94)(H,76,95)(H,77,96)(H,78,89)(H,79,90)(H,80,100)(H,81,99)(H,82,97)(H,83,98)(H,84,101)/b24-19-,34-27+,45-18-/t33?,35-,36+,37?,38-,39-,40+,41-,43-,46+,47-,48?,51-,52-,53+,54+,55-,56-,57+,58+,59+,60+,72-/m0/s1. The fraction of sp³-hybridized carbons (Fsp3) is 0.653. The molecule has 3 unspecified atom stereocenters. The zero-order valence-electron chi connectivity index (χ0n) is 64.4. The van der Waals surface area contributed by atoms with Crippen LogP contribution in [0.3, 0.4) is 0 Å². The first-order chi connectivity index (χ1) is 51.0. The van der Waals surface area contributed by atoms with Gasteiger partial charge in [-0.05, 0) is 89.8 Å². The van der Waals surface area contributed by atoms with Gasteiger partial charge in [-0.1, -0.05) is 96.9 Å². The summed E-state index contributed by atoms with van der Waals surface area (Å²) in [6.45, 7) is 16.9. The molecule has 1 aromatic rings. The molecule has 109 heavy (non-hydrogen) atoms. The number of piperidine rings is 1. The molecule has 36 nitrogen and oxygen atoms in total. The summed E-state index contributed by atoms with van der Waals surface area (Å²) in [5.74, 6) is -18.3. The van der Waals surface area contributed by atoms with E-state index >= 15 is 19.2 Å². The van der Waals surface area contributed by atoms with Crippen LogP contribution < -0.4 is 64.1 Å². The summed E-state index contributed by atoms with van der Waals surface area (Å²) in [6, 6.07) is -10.4. The van der Waals surface area contributed by atoms with E-state index in [1.54, 1.807) is 6.08 Å². The highest BCUT2D eigenvalue weighted by atomic mass is 35.5. The summed E-state index contributed by atoms with van der Waals surface area (Å²) in [6.07, 6.45) is -6.76. The summed E-state index contributed by atoms with van der Waals surface area (Å²) in [5, 5.41) is 74.5. The van der Waals surface area contributed by atoms with Crippen molar-refractivity contribution < 1.29 is 112 Å². The SMILES string of the molecule is C/C=C(\NC(=O)CNC(=O)C(C)C(O)/C=C\C(C)=C\C(C)CC)C(=O)N[C@H](C(=O)N[C@H](C(=O)N[C@H]1C(=O)N[C@H](COC)C(=O)NCC(=O)N[C@@H](C)C(=O)N(C)[C@@H]([C@@H](C)O)C(=O)N[C@H]([C@H](OC)c2ccc(O[C@@H]3O[C@@H](C)[C@H](O)[C@@H](O)[C@H]3O)cc2)C(=O)N2CC[C@H](Cl)C[C@H]2C(=O)O[C@@H]1C(C)C)[C@@H](C)[C@@H](C)C(N)=O)[C@H](C)N. The Morgan fingerprint density at radius 1 is 0.817 bits per heavy atom. The van der Waals surface area contributed by atoms with Crippen molar-refractivity contribution in [3.8, 4) is 5.75 Å². The number of aliphatic hydroxyl groups is 5. The molecule has 18 N–H and O–H groups in total. The number of likely N-dealkylation sites (N-methyl/N-ethyl adjacent to an activating group) is 1. The van der Waals surface area contributed by atoms with Crippen LogP contribution in [0.4, 0.5) is 0 Å². The Balaban J connectivity index is 1.83. The van der Waals surface area contributed by atoms with Crippen molar-refractivity contribution >= 4 is 88.5 Å². The van der Waals surface area contributed by atoms with Gasteiger partial charge in [0.05, 0.1) is 43.9 Å². The van der Waals surface area contributed by atoms with E-state index in [4.69, 9.17) is 46.8 Å². The summed E-state index contributed by atoms with van der Waals surface area (Å²) in [7, 11) is 3.46. The van der Waals surface area contributed by atoms with Gasteiger partial charge in [0.25, 0.3) is 5.91 Å². The van der Waals surface area contributed by atoms with Crippen LogP contribution in [0.25, 0.3) is 0 Å². The average Bonchev–Trinajstić information content (AvgIpc) is 0.796. The maximum absolute atomic E-state index is 15.7. The van der Waals surface area contributed by atoms with Gasteiger partial charge in [-0.3, -0.25) is 57.5 Å². The summed E-state index contributed by atoms with van der Waals surface area (Å²) >= 11 is 6.82. The van der Waals surface area contributed by atoms with Crippen LogP contribution in [0.5, 0.6) is 5.75 Å². The molecule has 3 aliphatic rings. The van der Waals surface area contributed by atoms with Crippen molar-refractivity contribution in [3.63, 3.8) is 0 Å². The number of hydrogen-bond acceptors (Lipinski definition) is 24. The molecule has 0 radical (unpaired) electrons. The molecule has 610 valence electrons. The fourth-order valence-corrected chi connectivity index (χ4v) is 12.4. The first-order valence-corrected chi connectivity index (χ1v) is 36.5. The number of carbonyl (C=O) groups excluding carboxylic acids is 13. The third-order valence-corrected chi connectivity index (χ3v) is 19.7. The number of nitrogens with zero attached hydrogens (tertiary/aromatic N) is 2. The Kier molecular flexibility index (Phi) is 36.6.